The fourth-order valence-corrected chi connectivity index (χ4v) is 1.80. The van der Waals surface area contributed by atoms with E-state index in [1.165, 1.54) is 19.9 Å². The number of carbonyl (C=O) groups is 1. The van der Waals surface area contributed by atoms with Crippen LogP contribution in [0.5, 0.6) is 0 Å². The number of halogens is 4. The Morgan fingerprint density at radius 2 is 1.87 bits per heavy atom. The third kappa shape index (κ3) is 2.59. The van der Waals surface area contributed by atoms with Crippen molar-refractivity contribution in [2.45, 2.75) is 20.0 Å². The lowest BCUT2D eigenvalue weighted by molar-refractivity contribution is -0.138. The minimum absolute atomic E-state index is 0.0294. The summed E-state index contributed by atoms with van der Waals surface area (Å²) >= 11 is 2.96. The summed E-state index contributed by atoms with van der Waals surface area (Å²) in [7, 11) is 0. The average Bonchev–Trinajstić information content (AvgIpc) is 2.06. The number of rotatable bonds is 1. The summed E-state index contributed by atoms with van der Waals surface area (Å²) in [5, 5.41) is 0. The smallest absolute Gasteiger partial charge is 0.295 e. The first-order valence-corrected chi connectivity index (χ1v) is 4.91. The molecule has 0 heterocycles. The van der Waals surface area contributed by atoms with Gasteiger partial charge in [-0.1, -0.05) is 15.9 Å². The van der Waals surface area contributed by atoms with Gasteiger partial charge in [0.05, 0.1) is 5.56 Å². The number of carbonyl (C=O) groups excluding carboxylic acids is 1. The molecule has 5 heteroatoms. The summed E-state index contributed by atoms with van der Waals surface area (Å²) < 4.78 is 37.9. The van der Waals surface area contributed by atoms with Crippen LogP contribution < -0.4 is 0 Å². The van der Waals surface area contributed by atoms with Crippen molar-refractivity contribution < 1.29 is 18.0 Å². The van der Waals surface area contributed by atoms with Crippen LogP contribution in [0.25, 0.3) is 0 Å². The normalized spacial score (nSPS) is 11.6. The highest BCUT2D eigenvalue weighted by Gasteiger charge is 2.33. The van der Waals surface area contributed by atoms with Crippen LogP contribution in [0.4, 0.5) is 13.2 Å². The molecule has 0 radical (unpaired) electrons. The van der Waals surface area contributed by atoms with Crippen LogP contribution in [0.1, 0.15) is 28.4 Å². The third-order valence-corrected chi connectivity index (χ3v) is 2.51. The maximum Gasteiger partial charge on any atom is 0.416 e. The SMILES string of the molecule is CC(=O)c1cc(Br)cc(C(F)(F)F)c1C. The molecule has 0 amide bonds. The molecule has 0 aromatic heterocycles. The van der Waals surface area contributed by atoms with E-state index in [9.17, 15) is 18.0 Å². The topological polar surface area (TPSA) is 17.1 Å². The highest BCUT2D eigenvalue weighted by Crippen LogP contribution is 2.35. The Morgan fingerprint density at radius 1 is 1.33 bits per heavy atom. The van der Waals surface area contributed by atoms with Crippen LogP contribution in [0, 0.1) is 6.92 Å². The Bertz CT molecular complexity index is 410. The van der Waals surface area contributed by atoms with Crippen molar-refractivity contribution in [3.8, 4) is 0 Å². The molecule has 15 heavy (non-hydrogen) atoms. The standard InChI is InChI=1S/C10H8BrF3O/c1-5-8(6(2)15)3-7(11)4-9(5)10(12,13)14/h3-4H,1-2H3. The van der Waals surface area contributed by atoms with E-state index in [1.54, 1.807) is 0 Å². The predicted octanol–water partition coefficient (Wildman–Crippen LogP) is 3.98. The van der Waals surface area contributed by atoms with Gasteiger partial charge >= 0.3 is 6.18 Å². The monoisotopic (exact) mass is 280 g/mol. The number of ketones is 1. The lowest BCUT2D eigenvalue weighted by atomic mass is 10.00. The number of hydrogen-bond acceptors (Lipinski definition) is 1. The molecule has 82 valence electrons. The molecule has 0 bridgehead atoms. The van der Waals surface area contributed by atoms with Crippen molar-refractivity contribution in [2.75, 3.05) is 0 Å². The second-order valence-corrected chi connectivity index (χ2v) is 4.10. The maximum atomic E-state index is 12.5. The Kier molecular flexibility index (Phi) is 3.23. The van der Waals surface area contributed by atoms with Crippen LogP contribution in [-0.2, 0) is 6.18 Å². The van der Waals surface area contributed by atoms with Crippen LogP contribution in [-0.4, -0.2) is 5.78 Å². The number of Topliss-reactive ketones (excluding diaryl/α,β-unsaturated/α-hetero) is 1. The second kappa shape index (κ2) is 3.96. The summed E-state index contributed by atoms with van der Waals surface area (Å²) in [6, 6.07) is 2.37. The second-order valence-electron chi connectivity index (χ2n) is 3.18. The number of hydrogen-bond donors (Lipinski definition) is 0. The molecule has 0 aliphatic carbocycles. The molecule has 0 aliphatic rings. The minimum Gasteiger partial charge on any atom is -0.295 e. The van der Waals surface area contributed by atoms with Gasteiger partial charge < -0.3 is 0 Å². The molecular formula is C10H8BrF3O. The Hall–Kier alpha value is -0.840. The van der Waals surface area contributed by atoms with E-state index < -0.39 is 11.7 Å². The van der Waals surface area contributed by atoms with Gasteiger partial charge in [-0.2, -0.15) is 13.2 Å². The van der Waals surface area contributed by atoms with Gasteiger partial charge in [-0.25, -0.2) is 0 Å². The van der Waals surface area contributed by atoms with Crippen molar-refractivity contribution in [3.63, 3.8) is 0 Å². The largest absolute Gasteiger partial charge is 0.416 e. The van der Waals surface area contributed by atoms with Crippen molar-refractivity contribution in [1.29, 1.82) is 0 Å². The van der Waals surface area contributed by atoms with Crippen molar-refractivity contribution in [2.24, 2.45) is 0 Å². The molecule has 0 fully saturated rings. The summed E-state index contributed by atoms with van der Waals surface area (Å²) in [4.78, 5) is 11.1. The van der Waals surface area contributed by atoms with Gasteiger partial charge in [0.15, 0.2) is 5.78 Å². The van der Waals surface area contributed by atoms with Crippen molar-refractivity contribution >= 4 is 21.7 Å². The zero-order valence-corrected chi connectivity index (χ0v) is 9.66. The summed E-state index contributed by atoms with van der Waals surface area (Å²) in [6.45, 7) is 2.54. The summed E-state index contributed by atoms with van der Waals surface area (Å²) in [5.41, 5.74) is -0.711. The fraction of sp³-hybridized carbons (Fsp3) is 0.300. The van der Waals surface area contributed by atoms with Gasteiger partial charge in [0.1, 0.15) is 0 Å². The molecule has 1 aromatic carbocycles. The zero-order valence-electron chi connectivity index (χ0n) is 8.07. The van der Waals surface area contributed by atoms with Gasteiger partial charge in [-0.15, -0.1) is 0 Å². The highest BCUT2D eigenvalue weighted by atomic mass is 79.9. The number of benzene rings is 1. The van der Waals surface area contributed by atoms with Gasteiger partial charge in [-0.05, 0) is 31.5 Å². The lowest BCUT2D eigenvalue weighted by Crippen LogP contribution is -2.10. The van der Waals surface area contributed by atoms with E-state index >= 15 is 0 Å². The quantitative estimate of drug-likeness (QED) is 0.711. The van der Waals surface area contributed by atoms with E-state index in [-0.39, 0.29) is 21.4 Å². The minimum atomic E-state index is -4.43. The average molecular weight is 281 g/mol. The van der Waals surface area contributed by atoms with Crippen LogP contribution in [0.15, 0.2) is 16.6 Å². The van der Waals surface area contributed by atoms with Crippen LogP contribution >= 0.6 is 15.9 Å². The summed E-state index contributed by atoms with van der Waals surface area (Å²) in [6.07, 6.45) is -4.43. The van der Waals surface area contributed by atoms with E-state index in [0.717, 1.165) is 6.07 Å². The third-order valence-electron chi connectivity index (χ3n) is 2.06. The zero-order chi connectivity index (χ0) is 11.8. The van der Waals surface area contributed by atoms with Crippen molar-refractivity contribution in [3.05, 3.63) is 33.3 Å². The maximum absolute atomic E-state index is 12.5. The van der Waals surface area contributed by atoms with Crippen LogP contribution in [0.3, 0.4) is 0 Å². The molecule has 0 N–H and O–H groups in total. The molecule has 0 saturated heterocycles. The molecule has 0 saturated carbocycles. The molecule has 1 aromatic rings. The van der Waals surface area contributed by atoms with Gasteiger partial charge in [-0.3, -0.25) is 4.79 Å². The molecular weight excluding hydrogens is 273 g/mol. The van der Waals surface area contributed by atoms with Gasteiger partial charge in [0, 0.05) is 10.0 Å². The lowest BCUT2D eigenvalue weighted by Gasteiger charge is -2.13. The molecule has 0 unspecified atom stereocenters. The van der Waals surface area contributed by atoms with Gasteiger partial charge in [0.25, 0.3) is 0 Å². The van der Waals surface area contributed by atoms with E-state index in [0.29, 0.717) is 0 Å². The molecule has 1 rings (SSSR count). The van der Waals surface area contributed by atoms with Crippen LogP contribution in [0.2, 0.25) is 0 Å². The van der Waals surface area contributed by atoms with E-state index in [1.807, 2.05) is 0 Å². The Balaban J connectivity index is 3.49. The van der Waals surface area contributed by atoms with E-state index in [2.05, 4.69) is 15.9 Å². The fourth-order valence-electron chi connectivity index (χ4n) is 1.34. The first-order chi connectivity index (χ1) is 6.73. The van der Waals surface area contributed by atoms with E-state index in [4.69, 9.17) is 0 Å². The highest BCUT2D eigenvalue weighted by molar-refractivity contribution is 9.10. The first kappa shape index (κ1) is 12.2. The molecule has 0 aliphatic heterocycles. The predicted molar refractivity (Wildman–Crippen MR) is 53.9 cm³/mol. The van der Waals surface area contributed by atoms with Gasteiger partial charge in [0.2, 0.25) is 0 Å². The Labute approximate surface area is 93.4 Å². The summed E-state index contributed by atoms with van der Waals surface area (Å²) in [5.74, 6) is -0.376. The molecule has 0 atom stereocenters. The first-order valence-electron chi connectivity index (χ1n) is 4.11. The Morgan fingerprint density at radius 3 is 2.27 bits per heavy atom. The van der Waals surface area contributed by atoms with Crippen molar-refractivity contribution in [1.82, 2.24) is 0 Å². The number of alkyl halides is 3. The molecule has 1 nitrogen and oxygen atoms in total. The molecule has 0 spiro atoms.